The minimum atomic E-state index is -2.73. The van der Waals surface area contributed by atoms with Gasteiger partial charge in [-0.1, -0.05) is 48.5 Å². The highest BCUT2D eigenvalue weighted by Crippen LogP contribution is 2.44. The minimum absolute atomic E-state index is 0.0465. The zero-order valence-corrected chi connectivity index (χ0v) is 19.1. The van der Waals surface area contributed by atoms with Crippen LogP contribution in [-0.2, 0) is 14.3 Å². The van der Waals surface area contributed by atoms with Crippen LogP contribution < -0.4 is 10.6 Å². The van der Waals surface area contributed by atoms with E-state index in [0.717, 1.165) is 22.3 Å². The van der Waals surface area contributed by atoms with E-state index >= 15 is 0 Å². The van der Waals surface area contributed by atoms with Crippen molar-refractivity contribution in [2.24, 2.45) is 0 Å². The van der Waals surface area contributed by atoms with E-state index in [4.69, 9.17) is 9.84 Å². The lowest BCUT2D eigenvalue weighted by Gasteiger charge is -2.30. The van der Waals surface area contributed by atoms with Crippen LogP contribution in [0.4, 0.5) is 13.6 Å². The van der Waals surface area contributed by atoms with Crippen LogP contribution in [-0.4, -0.2) is 47.7 Å². The van der Waals surface area contributed by atoms with E-state index in [1.165, 1.54) is 0 Å². The van der Waals surface area contributed by atoms with Crippen molar-refractivity contribution in [1.29, 1.82) is 0 Å². The Kier molecular flexibility index (Phi) is 7.33. The van der Waals surface area contributed by atoms with E-state index in [1.54, 1.807) is 0 Å². The number of amides is 2. The van der Waals surface area contributed by atoms with Gasteiger partial charge in [-0.15, -0.1) is 0 Å². The molecule has 1 atom stereocenters. The fourth-order valence-corrected chi connectivity index (χ4v) is 4.81. The predicted molar refractivity (Wildman–Crippen MR) is 124 cm³/mol. The van der Waals surface area contributed by atoms with E-state index in [9.17, 15) is 23.2 Å². The Balaban J connectivity index is 1.37. The minimum Gasteiger partial charge on any atom is -0.481 e. The Labute approximate surface area is 201 Å². The number of carboxylic acid groups (broad SMARTS) is 1. The summed E-state index contributed by atoms with van der Waals surface area (Å²) in [5, 5.41) is 14.2. The standard InChI is InChI=1S/C26H28F2N2O5/c27-26(28)13-11-16(12-14-26)29-24(33)22(9-10-23(31)32)30-25(34)35-15-21-19-7-3-1-5-17(19)18-6-2-4-8-20(18)21/h1-8,16,21-22H,9-15H2,(H,29,33)(H,30,34)(H,31,32). The number of alkyl halides is 2. The molecule has 2 aliphatic carbocycles. The van der Waals surface area contributed by atoms with Crippen molar-refractivity contribution < 1.29 is 33.0 Å². The maximum Gasteiger partial charge on any atom is 0.407 e. The fraction of sp³-hybridized carbons (Fsp3) is 0.423. The molecule has 0 saturated heterocycles. The maximum absolute atomic E-state index is 13.4. The summed E-state index contributed by atoms with van der Waals surface area (Å²) in [6.45, 7) is 0.0465. The molecule has 3 N–H and O–H groups in total. The molecule has 0 aromatic heterocycles. The lowest BCUT2D eigenvalue weighted by molar-refractivity contribution is -0.137. The normalized spacial score (nSPS) is 17.7. The zero-order chi connectivity index (χ0) is 25.0. The third kappa shape index (κ3) is 5.96. The number of hydrogen-bond acceptors (Lipinski definition) is 4. The van der Waals surface area contributed by atoms with Gasteiger partial charge in [0.05, 0.1) is 0 Å². The molecule has 2 aromatic carbocycles. The monoisotopic (exact) mass is 486 g/mol. The first kappa shape index (κ1) is 24.6. The highest BCUT2D eigenvalue weighted by molar-refractivity contribution is 5.86. The average Bonchev–Trinajstić information content (AvgIpc) is 3.15. The van der Waals surface area contributed by atoms with Gasteiger partial charge in [0.1, 0.15) is 12.6 Å². The smallest absolute Gasteiger partial charge is 0.407 e. The number of aliphatic carboxylic acids is 1. The van der Waals surface area contributed by atoms with Gasteiger partial charge in [0, 0.05) is 31.2 Å². The van der Waals surface area contributed by atoms with Crippen LogP contribution in [0.25, 0.3) is 11.1 Å². The van der Waals surface area contributed by atoms with Crippen molar-refractivity contribution in [2.75, 3.05) is 6.61 Å². The van der Waals surface area contributed by atoms with Gasteiger partial charge in [0.2, 0.25) is 11.8 Å². The maximum atomic E-state index is 13.4. The zero-order valence-electron chi connectivity index (χ0n) is 19.1. The number of alkyl carbamates (subject to hydrolysis) is 1. The molecule has 0 spiro atoms. The van der Waals surface area contributed by atoms with Gasteiger partial charge in [-0.25, -0.2) is 13.6 Å². The SMILES string of the molecule is O=C(O)CCC(NC(=O)OCC1c2ccccc2-c2ccccc21)C(=O)NC1CCC(F)(F)CC1. The number of rotatable bonds is 8. The highest BCUT2D eigenvalue weighted by atomic mass is 19.3. The van der Waals surface area contributed by atoms with Gasteiger partial charge < -0.3 is 20.5 Å². The molecule has 2 aromatic rings. The fourth-order valence-electron chi connectivity index (χ4n) is 4.81. The third-order valence-electron chi connectivity index (χ3n) is 6.66. The molecule has 0 heterocycles. The van der Waals surface area contributed by atoms with Crippen LogP contribution in [0, 0.1) is 0 Å². The van der Waals surface area contributed by atoms with Crippen molar-refractivity contribution in [3.05, 3.63) is 59.7 Å². The Bertz CT molecular complexity index is 1050. The first-order valence-electron chi connectivity index (χ1n) is 11.7. The summed E-state index contributed by atoms with van der Waals surface area (Å²) in [4.78, 5) is 36.4. The summed E-state index contributed by atoms with van der Waals surface area (Å²) >= 11 is 0. The summed E-state index contributed by atoms with van der Waals surface area (Å²) in [6, 6.07) is 14.1. The molecule has 9 heteroatoms. The lowest BCUT2D eigenvalue weighted by atomic mass is 9.92. The molecule has 1 fully saturated rings. The van der Waals surface area contributed by atoms with E-state index in [1.807, 2.05) is 48.5 Å². The molecule has 0 aliphatic heterocycles. The number of carboxylic acids is 1. The van der Waals surface area contributed by atoms with Crippen molar-refractivity contribution >= 4 is 18.0 Å². The molecule has 0 bridgehead atoms. The summed E-state index contributed by atoms with van der Waals surface area (Å²) in [6.07, 6.45) is -1.73. The van der Waals surface area contributed by atoms with Gasteiger partial charge in [0.15, 0.2) is 0 Å². The van der Waals surface area contributed by atoms with Crippen LogP contribution >= 0.6 is 0 Å². The van der Waals surface area contributed by atoms with Crippen LogP contribution in [0.2, 0.25) is 0 Å². The van der Waals surface area contributed by atoms with Crippen molar-refractivity contribution in [1.82, 2.24) is 10.6 Å². The second-order valence-electron chi connectivity index (χ2n) is 9.09. The van der Waals surface area contributed by atoms with E-state index in [2.05, 4.69) is 10.6 Å². The second kappa shape index (κ2) is 10.4. The van der Waals surface area contributed by atoms with Gasteiger partial charge in [-0.05, 0) is 41.5 Å². The molecule has 186 valence electrons. The number of benzene rings is 2. The predicted octanol–water partition coefficient (Wildman–Crippen LogP) is 4.45. The van der Waals surface area contributed by atoms with Crippen LogP contribution in [0.5, 0.6) is 0 Å². The van der Waals surface area contributed by atoms with Gasteiger partial charge in [-0.2, -0.15) is 0 Å². The van der Waals surface area contributed by atoms with Crippen LogP contribution in [0.3, 0.4) is 0 Å². The number of halogens is 2. The summed E-state index contributed by atoms with van der Waals surface area (Å²) in [5.74, 6) is -4.61. The number of hydrogen-bond donors (Lipinski definition) is 3. The Morgan fingerprint density at radius 3 is 2.14 bits per heavy atom. The number of fused-ring (bicyclic) bond motifs is 3. The van der Waals surface area contributed by atoms with Crippen molar-refractivity contribution in [2.45, 2.75) is 62.4 Å². The Morgan fingerprint density at radius 2 is 1.57 bits per heavy atom. The second-order valence-corrected chi connectivity index (χ2v) is 9.09. The largest absolute Gasteiger partial charge is 0.481 e. The average molecular weight is 487 g/mol. The molecule has 0 radical (unpaired) electrons. The molecule has 2 aliphatic rings. The molecule has 2 amide bonds. The summed E-state index contributed by atoms with van der Waals surface area (Å²) in [5.41, 5.74) is 4.23. The highest BCUT2D eigenvalue weighted by Gasteiger charge is 2.36. The first-order chi connectivity index (χ1) is 16.7. The Morgan fingerprint density at radius 1 is 1.00 bits per heavy atom. The number of nitrogens with one attached hydrogen (secondary N) is 2. The quantitative estimate of drug-likeness (QED) is 0.511. The van der Waals surface area contributed by atoms with E-state index < -0.39 is 36.0 Å². The van der Waals surface area contributed by atoms with Gasteiger partial charge in [0.25, 0.3) is 0 Å². The molecule has 4 rings (SSSR count). The van der Waals surface area contributed by atoms with Crippen LogP contribution in [0.15, 0.2) is 48.5 Å². The Hall–Kier alpha value is -3.49. The number of carbonyl (C=O) groups excluding carboxylic acids is 2. The molecule has 1 saturated carbocycles. The number of carbonyl (C=O) groups is 3. The number of ether oxygens (including phenoxy) is 1. The van der Waals surface area contributed by atoms with Gasteiger partial charge >= 0.3 is 12.1 Å². The molecule has 7 nitrogen and oxygen atoms in total. The van der Waals surface area contributed by atoms with E-state index in [0.29, 0.717) is 0 Å². The third-order valence-corrected chi connectivity index (χ3v) is 6.66. The van der Waals surface area contributed by atoms with Crippen molar-refractivity contribution in [3.63, 3.8) is 0 Å². The summed E-state index contributed by atoms with van der Waals surface area (Å²) in [7, 11) is 0. The molecule has 35 heavy (non-hydrogen) atoms. The lowest BCUT2D eigenvalue weighted by Crippen LogP contribution is -2.51. The molecular weight excluding hydrogens is 458 g/mol. The van der Waals surface area contributed by atoms with Crippen molar-refractivity contribution in [3.8, 4) is 11.1 Å². The molecule has 1 unspecified atom stereocenters. The van der Waals surface area contributed by atoms with Gasteiger partial charge in [-0.3, -0.25) is 9.59 Å². The first-order valence-corrected chi connectivity index (χ1v) is 11.7. The summed E-state index contributed by atoms with van der Waals surface area (Å²) < 4.78 is 32.3. The van der Waals surface area contributed by atoms with E-state index in [-0.39, 0.29) is 51.0 Å². The molecular formula is C26H28F2N2O5. The van der Waals surface area contributed by atoms with Crippen LogP contribution in [0.1, 0.15) is 55.6 Å². The topological polar surface area (TPSA) is 105 Å².